The predicted molar refractivity (Wildman–Crippen MR) is 139 cm³/mol. The van der Waals surface area contributed by atoms with E-state index in [4.69, 9.17) is 9.16 Å². The monoisotopic (exact) mass is 473 g/mol. The molecular weight excluding hydrogens is 438 g/mol. The first-order chi connectivity index (χ1) is 16.4. The maximum absolute atomic E-state index is 12.0. The van der Waals surface area contributed by atoms with Crippen LogP contribution in [-0.4, -0.2) is 50.5 Å². The highest BCUT2D eigenvalue weighted by Gasteiger charge is 2.51. The normalized spacial score (nSPS) is 25.2. The molecule has 0 spiro atoms. The smallest absolute Gasteiger partial charge is 0.331 e. The van der Waals surface area contributed by atoms with Crippen molar-refractivity contribution in [1.82, 2.24) is 4.90 Å². The van der Waals surface area contributed by atoms with Crippen molar-refractivity contribution in [1.29, 1.82) is 0 Å². The fraction of sp³-hybridized carbons (Fsp3) is 0.414. The van der Waals surface area contributed by atoms with Gasteiger partial charge in [0.1, 0.15) is 6.10 Å². The van der Waals surface area contributed by atoms with Crippen LogP contribution in [0.3, 0.4) is 0 Å². The number of hydrogen-bond acceptors (Lipinski definition) is 4. The third-order valence-electron chi connectivity index (χ3n) is 7.62. The van der Waals surface area contributed by atoms with Crippen molar-refractivity contribution in [2.75, 3.05) is 13.2 Å². The molecule has 0 radical (unpaired) electrons. The fourth-order valence-electron chi connectivity index (χ4n) is 6.06. The van der Waals surface area contributed by atoms with Crippen LogP contribution in [0.15, 0.2) is 84.5 Å². The number of hydrogen-bond donors (Lipinski definition) is 0. The van der Waals surface area contributed by atoms with Crippen LogP contribution in [0.4, 0.5) is 0 Å². The first kappa shape index (κ1) is 23.3. The quantitative estimate of drug-likeness (QED) is 0.482. The standard InChI is InChI=1S/C29H35NO3Si/c1-29(2,3)34(24-12-6-4-7-13-24,25-14-8-5-9-15-25)32-21-23-18-17-22-20-27(31)33-28(22)26-16-10-11-19-30(23)26/h4-9,12-15,17-18,20,23,26,28H,10-11,16,19,21H2,1-3H3/t23-,26-,28+/m1/s1. The fourth-order valence-corrected chi connectivity index (χ4v) is 10.6. The Labute approximate surface area is 204 Å². The van der Waals surface area contributed by atoms with E-state index in [1.165, 1.54) is 23.2 Å². The SMILES string of the molecule is CC(C)(C)[Si](OC[C@H]1C=CC2=CC(=O)O[C@@H]2[C@H]2CCCCN12)(c1ccccc1)c1ccccc1. The number of ether oxygens (including phenoxy) is 1. The van der Waals surface area contributed by atoms with Crippen LogP contribution < -0.4 is 10.4 Å². The summed E-state index contributed by atoms with van der Waals surface area (Å²) >= 11 is 0. The first-order valence-electron chi connectivity index (χ1n) is 12.5. The molecule has 178 valence electrons. The largest absolute Gasteiger partial charge is 0.453 e. The Kier molecular flexibility index (Phi) is 6.36. The van der Waals surface area contributed by atoms with Crippen molar-refractivity contribution in [3.05, 3.63) is 84.5 Å². The van der Waals surface area contributed by atoms with E-state index in [1.54, 1.807) is 6.08 Å². The molecule has 3 aliphatic heterocycles. The van der Waals surface area contributed by atoms with Gasteiger partial charge in [-0.05, 0) is 34.8 Å². The van der Waals surface area contributed by atoms with Crippen molar-refractivity contribution in [2.24, 2.45) is 0 Å². The maximum atomic E-state index is 12.0. The van der Waals surface area contributed by atoms with E-state index < -0.39 is 8.32 Å². The molecule has 34 heavy (non-hydrogen) atoms. The number of benzene rings is 2. The minimum atomic E-state index is -2.61. The van der Waals surface area contributed by atoms with Crippen LogP contribution in [0.2, 0.25) is 5.04 Å². The van der Waals surface area contributed by atoms with Gasteiger partial charge in [-0.2, -0.15) is 0 Å². The molecule has 3 atom stereocenters. The van der Waals surface area contributed by atoms with Crippen molar-refractivity contribution < 1.29 is 14.0 Å². The van der Waals surface area contributed by atoms with Gasteiger partial charge in [-0.3, -0.25) is 4.90 Å². The molecule has 0 unspecified atom stereocenters. The molecule has 4 nitrogen and oxygen atoms in total. The molecule has 5 heteroatoms. The molecule has 0 bridgehead atoms. The molecule has 0 N–H and O–H groups in total. The molecule has 1 saturated heterocycles. The van der Waals surface area contributed by atoms with E-state index in [9.17, 15) is 4.79 Å². The summed E-state index contributed by atoms with van der Waals surface area (Å²) in [4.78, 5) is 14.5. The minimum absolute atomic E-state index is 0.0555. The summed E-state index contributed by atoms with van der Waals surface area (Å²) in [5.74, 6) is -0.211. The first-order valence-corrected chi connectivity index (χ1v) is 14.4. The third kappa shape index (κ3) is 4.10. The van der Waals surface area contributed by atoms with Crippen LogP contribution >= 0.6 is 0 Å². The number of carbonyl (C=O) groups excluding carboxylic acids is 1. The number of carbonyl (C=O) groups is 1. The molecule has 1 fully saturated rings. The van der Waals surface area contributed by atoms with Crippen LogP contribution in [0, 0.1) is 0 Å². The third-order valence-corrected chi connectivity index (χ3v) is 12.6. The summed E-state index contributed by atoms with van der Waals surface area (Å²) in [5, 5.41) is 2.55. The van der Waals surface area contributed by atoms with Crippen LogP contribution in [0.5, 0.6) is 0 Å². The topological polar surface area (TPSA) is 38.8 Å². The zero-order valence-electron chi connectivity index (χ0n) is 20.4. The van der Waals surface area contributed by atoms with Gasteiger partial charge in [-0.1, -0.05) is 100 Å². The van der Waals surface area contributed by atoms with Crippen LogP contribution in [0.1, 0.15) is 40.0 Å². The van der Waals surface area contributed by atoms with Gasteiger partial charge in [0.05, 0.1) is 18.7 Å². The van der Waals surface area contributed by atoms with E-state index in [1.807, 2.05) is 0 Å². The Morgan fingerprint density at radius 2 is 1.65 bits per heavy atom. The Morgan fingerprint density at radius 1 is 1.00 bits per heavy atom. The Morgan fingerprint density at radius 3 is 2.26 bits per heavy atom. The average molecular weight is 474 g/mol. The van der Waals surface area contributed by atoms with E-state index in [2.05, 4.69) is 98.5 Å². The number of esters is 1. The molecule has 0 amide bonds. The van der Waals surface area contributed by atoms with Crippen molar-refractivity contribution in [3.63, 3.8) is 0 Å². The van der Waals surface area contributed by atoms with Gasteiger partial charge in [0.2, 0.25) is 0 Å². The van der Waals surface area contributed by atoms with Gasteiger partial charge in [0.15, 0.2) is 0 Å². The van der Waals surface area contributed by atoms with Gasteiger partial charge in [-0.15, -0.1) is 0 Å². The number of fused-ring (bicyclic) bond motifs is 3. The predicted octanol–water partition coefficient (Wildman–Crippen LogP) is 4.21. The second-order valence-corrected chi connectivity index (χ2v) is 15.0. The highest BCUT2D eigenvalue weighted by Crippen LogP contribution is 2.38. The van der Waals surface area contributed by atoms with Crippen molar-refractivity contribution in [3.8, 4) is 0 Å². The summed E-state index contributed by atoms with van der Waals surface area (Å²) in [6.45, 7) is 8.58. The Bertz CT molecular complexity index is 1030. The number of piperidine rings is 1. The molecule has 2 aromatic rings. The van der Waals surface area contributed by atoms with Gasteiger partial charge in [0, 0.05) is 11.6 Å². The molecule has 0 saturated carbocycles. The number of rotatable bonds is 5. The highest BCUT2D eigenvalue weighted by molar-refractivity contribution is 6.99. The molecule has 0 aliphatic carbocycles. The zero-order chi connectivity index (χ0) is 23.8. The van der Waals surface area contributed by atoms with Gasteiger partial charge in [-0.25, -0.2) is 4.79 Å². The van der Waals surface area contributed by atoms with Gasteiger partial charge in [0.25, 0.3) is 8.32 Å². The lowest BCUT2D eigenvalue weighted by Gasteiger charge is -2.46. The molecular formula is C29H35NO3Si. The van der Waals surface area contributed by atoms with E-state index in [-0.39, 0.29) is 29.2 Å². The average Bonchev–Trinajstić information content (AvgIpc) is 3.15. The summed E-state index contributed by atoms with van der Waals surface area (Å²) in [6, 6.07) is 22.0. The number of nitrogens with zero attached hydrogens (tertiary/aromatic N) is 1. The van der Waals surface area contributed by atoms with E-state index in [0.29, 0.717) is 6.61 Å². The van der Waals surface area contributed by atoms with Gasteiger partial charge < -0.3 is 9.16 Å². The zero-order valence-corrected chi connectivity index (χ0v) is 21.4. The highest BCUT2D eigenvalue weighted by atomic mass is 28.4. The van der Waals surface area contributed by atoms with Crippen LogP contribution in [-0.2, 0) is 14.0 Å². The summed E-state index contributed by atoms with van der Waals surface area (Å²) in [6.07, 6.45) is 9.25. The van der Waals surface area contributed by atoms with Crippen LogP contribution in [0.25, 0.3) is 0 Å². The summed E-state index contributed by atoms with van der Waals surface area (Å²) in [5.41, 5.74) is 1.01. The minimum Gasteiger partial charge on any atom is -0.453 e. The van der Waals surface area contributed by atoms with Gasteiger partial charge >= 0.3 is 5.97 Å². The van der Waals surface area contributed by atoms with Crippen molar-refractivity contribution >= 4 is 24.7 Å². The second kappa shape index (κ2) is 9.29. The molecule has 3 aliphatic rings. The lowest BCUT2D eigenvalue weighted by Crippen LogP contribution is -2.67. The lowest BCUT2D eigenvalue weighted by atomic mass is 9.94. The molecule has 5 rings (SSSR count). The van der Waals surface area contributed by atoms with E-state index in [0.717, 1.165) is 18.5 Å². The van der Waals surface area contributed by atoms with Crippen molar-refractivity contribution in [2.45, 2.75) is 63.3 Å². The molecule has 2 aromatic carbocycles. The van der Waals surface area contributed by atoms with E-state index >= 15 is 0 Å². The summed E-state index contributed by atoms with van der Waals surface area (Å²) in [7, 11) is -2.61. The Hall–Kier alpha value is -2.47. The second-order valence-electron chi connectivity index (χ2n) is 10.7. The maximum Gasteiger partial charge on any atom is 0.331 e. The molecule has 0 aromatic heterocycles. The molecule has 3 heterocycles. The lowest BCUT2D eigenvalue weighted by molar-refractivity contribution is -0.142. The summed E-state index contributed by atoms with van der Waals surface area (Å²) < 4.78 is 13.0. The Balaban J connectivity index is 1.53.